The van der Waals surface area contributed by atoms with Crippen LogP contribution >= 0.6 is 0 Å². The topological polar surface area (TPSA) is 145 Å². The standard InChI is InChI=1S/C31H51NO3.C30H51NO2.C30H50O2/c1-21(10-13-31(35)16-18-32(19-17-31)22(2)33)25-8-9-26-24-7-6-23-20-28(3,34)14-15-29(23,4)27(24)11-12-30(25,26)5;1-21(10-13-30(33)16-18-31(5)19-17-30)24-8-9-25-23-7-6-22-20-27(2,32)14-15-28(22,3)26(23)11-12-29(24,25)4;1-21(12-17-30(32)14-6-5-7-15-30)24-10-11-25-23-9-8-22-20-27(2,31)18-19-28(22,3)26(23)13-16-29(24,25)4/h6,21,24-27,34-35H,7-20H2,1-5H3;6,21,23-26,32-33H,7-20H2,1-5H3;8,21,23-26,31-32H,5-7,9-20H2,1-4H3/t21-,24+,25-,26+,27+,28+,29+,30-;2*21-,23+,24-,25+,26+,27+,28+,29-/m111/s1. The summed E-state index contributed by atoms with van der Waals surface area (Å²) in [6.45, 7) is 34.3. The number of hydrogen-bond acceptors (Lipinski definition) is 8. The average molecular weight is 1390 g/mol. The molecule has 2 heterocycles. The quantitative estimate of drug-likeness (QED) is 0.106. The first-order chi connectivity index (χ1) is 46.9. The van der Waals surface area contributed by atoms with Crippen molar-refractivity contribution in [3.8, 4) is 0 Å². The maximum absolute atomic E-state index is 11.7. The predicted molar refractivity (Wildman–Crippen MR) is 409 cm³/mol. The van der Waals surface area contributed by atoms with Crippen LogP contribution in [0.2, 0.25) is 0 Å². The van der Waals surface area contributed by atoms with Gasteiger partial charge in [-0.25, -0.2) is 0 Å². The predicted octanol–water partition coefficient (Wildman–Crippen LogP) is 19.7. The van der Waals surface area contributed by atoms with Gasteiger partial charge in [-0.15, -0.1) is 0 Å². The molecule has 9 heteroatoms. The molecule has 0 aromatic carbocycles. The number of carbonyl (C=O) groups is 1. The van der Waals surface area contributed by atoms with Gasteiger partial charge in [-0.3, -0.25) is 4.79 Å². The number of rotatable bonds is 12. The molecule has 13 aliphatic carbocycles. The molecule has 0 unspecified atom stereocenters. The number of carbonyl (C=O) groups excluding carboxylic acids is 1. The maximum atomic E-state index is 11.7. The molecular formula is C91H152N2O7. The number of aliphatic hydroxyl groups is 6. The Bertz CT molecular complexity index is 2970. The fraction of sp³-hybridized carbons (Fsp3) is 0.923. The summed E-state index contributed by atoms with van der Waals surface area (Å²) in [5, 5.41) is 65.6. The lowest BCUT2D eigenvalue weighted by Crippen LogP contribution is -2.52. The number of hydrogen-bond donors (Lipinski definition) is 6. The molecule has 0 aromatic heterocycles. The molecule has 0 aromatic rings. The Kier molecular flexibility index (Phi) is 21.5. The molecular weight excluding hydrogens is 1230 g/mol. The van der Waals surface area contributed by atoms with Crippen LogP contribution in [-0.4, -0.2) is 113 Å². The third-order valence-corrected chi connectivity index (χ3v) is 36.5. The molecule has 0 spiro atoms. The molecule has 100 heavy (non-hydrogen) atoms. The zero-order chi connectivity index (χ0) is 71.7. The van der Waals surface area contributed by atoms with E-state index in [2.05, 4.69) is 92.5 Å². The number of amides is 1. The van der Waals surface area contributed by atoms with Gasteiger partial charge in [-0.05, 0) is 380 Å². The second kappa shape index (κ2) is 28.1. The smallest absolute Gasteiger partial charge is 0.219 e. The molecule has 0 bridgehead atoms. The van der Waals surface area contributed by atoms with Gasteiger partial charge in [0.2, 0.25) is 5.91 Å². The summed E-state index contributed by atoms with van der Waals surface area (Å²) in [4.78, 5) is 15.9. The summed E-state index contributed by atoms with van der Waals surface area (Å²) in [5.74, 6) is 12.2. The third-order valence-electron chi connectivity index (χ3n) is 36.5. The van der Waals surface area contributed by atoms with E-state index >= 15 is 0 Å². The Balaban J connectivity index is 0.000000135. The molecule has 1 amide bonds. The van der Waals surface area contributed by atoms with Crippen molar-refractivity contribution in [3.63, 3.8) is 0 Å². The molecule has 12 fully saturated rings. The average Bonchev–Trinajstić information content (AvgIpc) is 1.36. The monoisotopic (exact) mass is 1390 g/mol. The van der Waals surface area contributed by atoms with Crippen LogP contribution in [-0.2, 0) is 4.79 Å². The second-order valence-corrected chi connectivity index (χ2v) is 42.6. The molecule has 2 aliphatic heterocycles. The summed E-state index contributed by atoms with van der Waals surface area (Å²) < 4.78 is 0. The number of piperidine rings is 2. The van der Waals surface area contributed by atoms with E-state index in [1.165, 1.54) is 141 Å². The van der Waals surface area contributed by atoms with E-state index in [4.69, 9.17) is 0 Å². The fourth-order valence-electron chi connectivity index (χ4n) is 29.7. The van der Waals surface area contributed by atoms with Crippen LogP contribution < -0.4 is 0 Å². The first-order valence-electron chi connectivity index (χ1n) is 43.3. The van der Waals surface area contributed by atoms with Crippen molar-refractivity contribution in [2.75, 3.05) is 33.2 Å². The number of likely N-dealkylation sites (tertiary alicyclic amines) is 2. The number of nitrogens with zero attached hydrogens (tertiary/aromatic N) is 2. The Morgan fingerprint density at radius 3 is 1.00 bits per heavy atom. The van der Waals surface area contributed by atoms with Gasteiger partial charge in [0.05, 0.1) is 33.6 Å². The largest absolute Gasteiger partial charge is 0.390 e. The molecule has 2 saturated heterocycles. The minimum Gasteiger partial charge on any atom is -0.390 e. The van der Waals surface area contributed by atoms with Crippen molar-refractivity contribution in [3.05, 3.63) is 34.9 Å². The van der Waals surface area contributed by atoms with Crippen molar-refractivity contribution in [2.24, 2.45) is 121 Å². The van der Waals surface area contributed by atoms with E-state index in [0.717, 1.165) is 205 Å². The summed E-state index contributed by atoms with van der Waals surface area (Å²) in [5.41, 5.74) is 4.25. The highest BCUT2D eigenvalue weighted by Gasteiger charge is 2.64. The van der Waals surface area contributed by atoms with Crippen LogP contribution in [0, 0.1) is 121 Å². The number of allylic oxidation sites excluding steroid dienone is 3. The van der Waals surface area contributed by atoms with Gasteiger partial charge in [-0.1, -0.05) is 117 Å². The second-order valence-electron chi connectivity index (χ2n) is 42.6. The maximum Gasteiger partial charge on any atom is 0.219 e. The zero-order valence-corrected chi connectivity index (χ0v) is 66.8. The minimum absolute atomic E-state index is 0.137. The van der Waals surface area contributed by atoms with Crippen molar-refractivity contribution in [1.82, 2.24) is 9.80 Å². The highest BCUT2D eigenvalue weighted by atomic mass is 16.3. The van der Waals surface area contributed by atoms with E-state index in [9.17, 15) is 35.4 Å². The van der Waals surface area contributed by atoms with Crippen molar-refractivity contribution < 1.29 is 35.4 Å². The van der Waals surface area contributed by atoms with Crippen LogP contribution in [0.4, 0.5) is 0 Å². The van der Waals surface area contributed by atoms with Gasteiger partial charge in [0.15, 0.2) is 0 Å². The van der Waals surface area contributed by atoms with Gasteiger partial charge in [0, 0.05) is 33.1 Å². The Hall–Kier alpha value is -1.59. The van der Waals surface area contributed by atoms with Crippen LogP contribution in [0.5, 0.6) is 0 Å². The highest BCUT2D eigenvalue weighted by Crippen LogP contribution is 2.72. The van der Waals surface area contributed by atoms with E-state index in [0.29, 0.717) is 51.5 Å². The minimum atomic E-state index is -0.585. The molecule has 6 N–H and O–H groups in total. The van der Waals surface area contributed by atoms with Gasteiger partial charge >= 0.3 is 0 Å². The van der Waals surface area contributed by atoms with Gasteiger partial charge < -0.3 is 40.4 Å². The Labute approximate surface area is 611 Å². The van der Waals surface area contributed by atoms with E-state index in [-0.39, 0.29) is 11.5 Å². The lowest BCUT2D eigenvalue weighted by Gasteiger charge is -2.59. The molecule has 0 radical (unpaired) electrons. The molecule has 24 atom stereocenters. The van der Waals surface area contributed by atoms with Crippen molar-refractivity contribution >= 4 is 5.91 Å². The Morgan fingerprint density at radius 1 is 0.390 bits per heavy atom. The van der Waals surface area contributed by atoms with E-state index < -0.39 is 28.0 Å². The molecule has 9 nitrogen and oxygen atoms in total. The highest BCUT2D eigenvalue weighted by molar-refractivity contribution is 5.73. The first kappa shape index (κ1) is 76.6. The fourth-order valence-corrected chi connectivity index (χ4v) is 29.7. The van der Waals surface area contributed by atoms with Crippen LogP contribution in [0.15, 0.2) is 34.9 Å². The summed E-state index contributed by atoms with van der Waals surface area (Å²) in [6, 6.07) is 0. The van der Waals surface area contributed by atoms with Crippen LogP contribution in [0.1, 0.15) is 340 Å². The van der Waals surface area contributed by atoms with Crippen LogP contribution in [0.25, 0.3) is 0 Å². The Morgan fingerprint density at radius 2 is 0.690 bits per heavy atom. The van der Waals surface area contributed by atoms with Gasteiger partial charge in [0.1, 0.15) is 0 Å². The van der Waals surface area contributed by atoms with E-state index in [1.807, 2.05) is 25.7 Å². The molecule has 568 valence electrons. The molecule has 15 rings (SSSR count). The normalized spacial score (nSPS) is 47.6. The van der Waals surface area contributed by atoms with E-state index in [1.54, 1.807) is 23.6 Å². The summed E-state index contributed by atoms with van der Waals surface area (Å²) in [7, 11) is 2.18. The van der Waals surface area contributed by atoms with Gasteiger partial charge in [-0.2, -0.15) is 0 Å². The summed E-state index contributed by atoms with van der Waals surface area (Å²) in [6.07, 6.45) is 52.7. The zero-order valence-electron chi connectivity index (χ0n) is 66.8. The SMILES string of the molecule is CC(=O)N1CCC(O)(CC[C@@H](C)[C@H]2CC[C@H]3[C@@H]4CC=C5C[C@@](C)(O)CC[C@]5(C)[C@H]4CC[C@]23C)CC1.C[C@H](CCC1(O)CCCCC1)[C@H]1CC[C@H]2[C@@H]3CC=C4C[C@@](C)(O)CC[C@]4(C)[C@H]3CC[C@]12C.C[C@H](CCC1(O)CCN(C)CC1)[C@H]1CC[C@H]2[C@@H]3CC=C4C[C@@](C)(O)CC[C@]4(C)[C@H]3CC[C@]12C. The lowest BCUT2D eigenvalue weighted by molar-refractivity contribution is -0.133. The van der Waals surface area contributed by atoms with Crippen molar-refractivity contribution in [2.45, 2.75) is 374 Å². The first-order valence-corrected chi connectivity index (χ1v) is 43.3. The number of fused-ring (bicyclic) bond motifs is 15. The third kappa shape index (κ3) is 14.5. The summed E-state index contributed by atoms with van der Waals surface area (Å²) >= 11 is 0. The van der Waals surface area contributed by atoms with Crippen molar-refractivity contribution in [1.29, 1.82) is 0 Å². The molecule has 15 aliphatic rings. The van der Waals surface area contributed by atoms with Crippen LogP contribution in [0.3, 0.4) is 0 Å². The van der Waals surface area contributed by atoms with Gasteiger partial charge in [0.25, 0.3) is 0 Å². The lowest BCUT2D eigenvalue weighted by atomic mass is 9.46. The molecule has 10 saturated carbocycles.